The van der Waals surface area contributed by atoms with Crippen LogP contribution in [0.5, 0.6) is 0 Å². The summed E-state index contributed by atoms with van der Waals surface area (Å²) in [6, 6.07) is 71.2. The Morgan fingerprint density at radius 2 is 0.656 bits per heavy atom. The third kappa shape index (κ3) is 5.78. The smallest absolute Gasteiger partial charge is 0.0257 e. The average Bonchev–Trinajstić information content (AvgIpc) is 3.70. The van der Waals surface area contributed by atoms with Crippen LogP contribution in [0.2, 0.25) is 0 Å². The van der Waals surface area contributed by atoms with Crippen molar-refractivity contribution < 1.29 is 0 Å². The van der Waals surface area contributed by atoms with Crippen molar-refractivity contribution in [1.82, 2.24) is 0 Å². The molecule has 0 spiro atoms. The van der Waals surface area contributed by atoms with Crippen molar-refractivity contribution in [3.8, 4) is 44.5 Å². The molecule has 0 aromatic heterocycles. The van der Waals surface area contributed by atoms with Crippen LogP contribution in [-0.2, 0) is 10.8 Å². The van der Waals surface area contributed by atoms with Crippen molar-refractivity contribution >= 4 is 85.7 Å². The summed E-state index contributed by atoms with van der Waals surface area (Å²) in [5, 5.41) is 13.2. The van der Waals surface area contributed by atoms with Gasteiger partial charge in [-0.25, -0.2) is 0 Å². The first-order valence-corrected chi connectivity index (χ1v) is 23.8. The molecule has 2 aliphatic rings. The summed E-state index contributed by atoms with van der Waals surface area (Å²) in [7, 11) is 0. The summed E-state index contributed by atoms with van der Waals surface area (Å²) in [4.78, 5) is 0. The predicted molar refractivity (Wildman–Crippen MR) is 282 cm³/mol. The van der Waals surface area contributed by atoms with E-state index in [4.69, 9.17) is 0 Å². The summed E-state index contributed by atoms with van der Waals surface area (Å²) in [5.74, 6) is 0. The molecular weight excluding hydrogens is 904 g/mol. The van der Waals surface area contributed by atoms with E-state index < -0.39 is 0 Å². The standard InChI is InChI=1S/C31H21Br.C31H23Br/c1-31(2)27-16-25-21-12-6-4-10-19(21)18-9-3-5-11-20(18)24(25)15-26(27)30-23-14-8-7-13-22(23)29(32)17-28(30)31;1-31(2)27-18-21(23-13-7-6-12-22(23)20-10-4-3-5-11-20)16-17-26(27)30-25-15-9-8-14-24(25)29(32)19-28(30)31/h3-17H,1-2H3;3-19H,1-2H3. The molecule has 0 nitrogen and oxygen atoms in total. The molecular formula is C62H44Br2. The van der Waals surface area contributed by atoms with Crippen LogP contribution in [0.4, 0.5) is 0 Å². The minimum Gasteiger partial charge on any atom is -0.0622 e. The van der Waals surface area contributed by atoms with Crippen LogP contribution >= 0.6 is 31.9 Å². The van der Waals surface area contributed by atoms with Crippen LogP contribution in [0.25, 0.3) is 98.4 Å². The Balaban J connectivity index is 0.000000135. The lowest BCUT2D eigenvalue weighted by Gasteiger charge is -2.23. The van der Waals surface area contributed by atoms with Gasteiger partial charge in [0, 0.05) is 19.8 Å². The summed E-state index contributed by atoms with van der Waals surface area (Å²) < 4.78 is 2.34. The number of halogens is 2. The quantitative estimate of drug-likeness (QED) is 0.152. The summed E-state index contributed by atoms with van der Waals surface area (Å²) in [5.41, 5.74) is 16.1. The first kappa shape index (κ1) is 39.3. The molecule has 64 heavy (non-hydrogen) atoms. The molecule has 306 valence electrons. The van der Waals surface area contributed by atoms with Crippen LogP contribution in [0.3, 0.4) is 0 Å². The van der Waals surface area contributed by atoms with Gasteiger partial charge in [0.05, 0.1) is 0 Å². The molecule has 13 rings (SSSR count). The monoisotopic (exact) mass is 946 g/mol. The lowest BCUT2D eigenvalue weighted by Crippen LogP contribution is -2.15. The number of fused-ring (bicyclic) bond motifs is 16. The van der Waals surface area contributed by atoms with Crippen LogP contribution < -0.4 is 0 Å². The first-order valence-electron chi connectivity index (χ1n) is 22.2. The Hall–Kier alpha value is -6.32. The molecule has 0 aliphatic heterocycles. The molecule has 11 aromatic rings. The first-order chi connectivity index (χ1) is 31.1. The maximum absolute atomic E-state index is 3.86. The van der Waals surface area contributed by atoms with Gasteiger partial charge in [0.2, 0.25) is 0 Å². The van der Waals surface area contributed by atoms with Gasteiger partial charge in [0.15, 0.2) is 0 Å². The van der Waals surface area contributed by atoms with Crippen LogP contribution in [0, 0.1) is 0 Å². The fraction of sp³-hybridized carbons (Fsp3) is 0.0968. The molecule has 0 N–H and O–H groups in total. The number of hydrogen-bond donors (Lipinski definition) is 0. The van der Waals surface area contributed by atoms with E-state index in [1.807, 2.05) is 0 Å². The zero-order chi connectivity index (χ0) is 43.5. The Labute approximate surface area is 391 Å². The van der Waals surface area contributed by atoms with Gasteiger partial charge >= 0.3 is 0 Å². The number of hydrogen-bond acceptors (Lipinski definition) is 0. The topological polar surface area (TPSA) is 0 Å². The van der Waals surface area contributed by atoms with Crippen molar-refractivity contribution in [3.05, 3.63) is 225 Å². The Kier molecular flexibility index (Phi) is 8.97. The van der Waals surface area contributed by atoms with E-state index in [9.17, 15) is 0 Å². The zero-order valence-electron chi connectivity index (χ0n) is 36.2. The Bertz CT molecular complexity index is 3740. The van der Waals surface area contributed by atoms with E-state index in [2.05, 4.69) is 254 Å². The third-order valence-corrected chi connectivity index (χ3v) is 15.8. The average molecular weight is 949 g/mol. The molecule has 0 unspecified atom stereocenters. The molecule has 0 heterocycles. The Morgan fingerprint density at radius 1 is 0.266 bits per heavy atom. The second kappa shape index (κ2) is 14.6. The van der Waals surface area contributed by atoms with Gasteiger partial charge in [-0.1, -0.05) is 223 Å². The minimum absolute atomic E-state index is 0.0574. The molecule has 0 amide bonds. The van der Waals surface area contributed by atoms with E-state index in [1.165, 1.54) is 130 Å². The molecule has 0 bridgehead atoms. The van der Waals surface area contributed by atoms with Gasteiger partial charge in [-0.2, -0.15) is 0 Å². The van der Waals surface area contributed by atoms with E-state index in [1.54, 1.807) is 0 Å². The van der Waals surface area contributed by atoms with Gasteiger partial charge < -0.3 is 0 Å². The molecule has 0 fully saturated rings. The third-order valence-electron chi connectivity index (χ3n) is 14.4. The fourth-order valence-corrected chi connectivity index (χ4v) is 12.4. The van der Waals surface area contributed by atoms with Gasteiger partial charge in [0.1, 0.15) is 0 Å². The highest BCUT2D eigenvalue weighted by atomic mass is 79.9. The van der Waals surface area contributed by atoms with Crippen LogP contribution in [0.15, 0.2) is 203 Å². The van der Waals surface area contributed by atoms with Gasteiger partial charge in [-0.15, -0.1) is 0 Å². The molecule has 0 atom stereocenters. The maximum atomic E-state index is 3.86. The highest BCUT2D eigenvalue weighted by Gasteiger charge is 2.39. The van der Waals surface area contributed by atoms with Crippen molar-refractivity contribution in [1.29, 1.82) is 0 Å². The maximum Gasteiger partial charge on any atom is 0.0257 e. The highest BCUT2D eigenvalue weighted by molar-refractivity contribution is 9.11. The highest BCUT2D eigenvalue weighted by Crippen LogP contribution is 2.56. The number of rotatable bonds is 2. The van der Waals surface area contributed by atoms with Crippen LogP contribution in [0.1, 0.15) is 49.9 Å². The molecule has 0 saturated carbocycles. The summed E-state index contributed by atoms with van der Waals surface area (Å²) >= 11 is 7.69. The van der Waals surface area contributed by atoms with E-state index in [0.29, 0.717) is 0 Å². The predicted octanol–water partition coefficient (Wildman–Crippen LogP) is 18.6. The van der Waals surface area contributed by atoms with Crippen molar-refractivity contribution in [2.75, 3.05) is 0 Å². The molecule has 0 radical (unpaired) electrons. The zero-order valence-corrected chi connectivity index (χ0v) is 39.4. The molecule has 11 aromatic carbocycles. The second-order valence-electron chi connectivity index (χ2n) is 18.6. The lowest BCUT2D eigenvalue weighted by molar-refractivity contribution is 0.660. The minimum atomic E-state index is -0.0606. The summed E-state index contributed by atoms with van der Waals surface area (Å²) in [6.07, 6.45) is 0. The summed E-state index contributed by atoms with van der Waals surface area (Å²) in [6.45, 7) is 9.44. The normalized spacial score (nSPS) is 14.0. The second-order valence-corrected chi connectivity index (χ2v) is 20.3. The van der Waals surface area contributed by atoms with Gasteiger partial charge in [-0.3, -0.25) is 0 Å². The molecule has 0 saturated heterocycles. The van der Waals surface area contributed by atoms with Gasteiger partial charge in [-0.05, 0) is 151 Å². The molecule has 2 heteroatoms. The largest absolute Gasteiger partial charge is 0.0622 e. The van der Waals surface area contributed by atoms with Crippen molar-refractivity contribution in [3.63, 3.8) is 0 Å². The lowest BCUT2D eigenvalue weighted by atomic mass is 9.81. The molecule has 2 aliphatic carbocycles. The Morgan fingerprint density at radius 3 is 1.19 bits per heavy atom. The van der Waals surface area contributed by atoms with Crippen LogP contribution in [-0.4, -0.2) is 0 Å². The fourth-order valence-electron chi connectivity index (χ4n) is 11.2. The van der Waals surface area contributed by atoms with E-state index in [-0.39, 0.29) is 10.8 Å². The van der Waals surface area contributed by atoms with E-state index >= 15 is 0 Å². The van der Waals surface area contributed by atoms with Gasteiger partial charge in [0.25, 0.3) is 0 Å². The van der Waals surface area contributed by atoms with Crippen molar-refractivity contribution in [2.24, 2.45) is 0 Å². The SMILES string of the molecule is CC1(C)c2cc(-c3ccccc3-c3ccccc3)ccc2-c2c1cc(Br)c1ccccc21.CC1(C)c2cc3c4ccccc4c4ccccc4c3cc2-c2c1cc(Br)c1ccccc21. The van der Waals surface area contributed by atoms with E-state index in [0.717, 1.165) is 0 Å². The number of benzene rings is 11. The van der Waals surface area contributed by atoms with Crippen molar-refractivity contribution in [2.45, 2.75) is 38.5 Å².